The Kier molecular flexibility index (Phi) is 5.41. The molecule has 0 saturated heterocycles. The van der Waals surface area contributed by atoms with Gasteiger partial charge in [0, 0.05) is 6.20 Å². The molecule has 106 valence electrons. The first kappa shape index (κ1) is 15.3. The van der Waals surface area contributed by atoms with Crippen molar-refractivity contribution in [3.63, 3.8) is 0 Å². The van der Waals surface area contributed by atoms with Gasteiger partial charge in [-0.2, -0.15) is 0 Å². The lowest BCUT2D eigenvalue weighted by Gasteiger charge is -2.18. The maximum atomic E-state index is 6.27. The number of aryl methyl sites for hydroxylation is 1. The SMILES string of the molecule is CCCc1cccc(C(NC)c2ncc(Cl)cc2Cl)c1. The van der Waals surface area contributed by atoms with Crippen molar-refractivity contribution in [2.24, 2.45) is 0 Å². The van der Waals surface area contributed by atoms with E-state index >= 15 is 0 Å². The molecule has 0 spiro atoms. The van der Waals surface area contributed by atoms with Gasteiger partial charge in [0.1, 0.15) is 0 Å². The summed E-state index contributed by atoms with van der Waals surface area (Å²) in [6.07, 6.45) is 3.84. The largest absolute Gasteiger partial charge is 0.308 e. The van der Waals surface area contributed by atoms with Crippen LogP contribution in [-0.2, 0) is 6.42 Å². The summed E-state index contributed by atoms with van der Waals surface area (Å²) in [6, 6.07) is 10.2. The summed E-state index contributed by atoms with van der Waals surface area (Å²) in [5, 5.41) is 4.40. The zero-order valence-corrected chi connectivity index (χ0v) is 13.2. The minimum Gasteiger partial charge on any atom is -0.308 e. The Morgan fingerprint density at radius 2 is 2.05 bits per heavy atom. The van der Waals surface area contributed by atoms with Gasteiger partial charge in [0.15, 0.2) is 0 Å². The maximum absolute atomic E-state index is 6.27. The topological polar surface area (TPSA) is 24.9 Å². The molecule has 0 aliphatic heterocycles. The van der Waals surface area contributed by atoms with Crippen LogP contribution in [0.4, 0.5) is 0 Å². The van der Waals surface area contributed by atoms with Crippen molar-refractivity contribution in [3.05, 3.63) is 63.4 Å². The summed E-state index contributed by atoms with van der Waals surface area (Å²) in [5.41, 5.74) is 3.29. The molecule has 4 heteroatoms. The van der Waals surface area contributed by atoms with Gasteiger partial charge in [-0.05, 0) is 30.7 Å². The second-order valence-corrected chi connectivity index (χ2v) is 5.58. The van der Waals surface area contributed by atoms with E-state index in [1.54, 1.807) is 12.3 Å². The Morgan fingerprint density at radius 1 is 1.25 bits per heavy atom. The maximum Gasteiger partial charge on any atom is 0.0805 e. The fraction of sp³-hybridized carbons (Fsp3) is 0.312. The Bertz CT molecular complexity index is 584. The predicted octanol–water partition coefficient (Wildman–Crippen LogP) is 4.65. The lowest BCUT2D eigenvalue weighted by Crippen LogP contribution is -2.19. The van der Waals surface area contributed by atoms with Gasteiger partial charge in [-0.15, -0.1) is 0 Å². The molecule has 1 N–H and O–H groups in total. The van der Waals surface area contributed by atoms with Crippen molar-refractivity contribution in [3.8, 4) is 0 Å². The van der Waals surface area contributed by atoms with Crippen LogP contribution >= 0.6 is 23.2 Å². The highest BCUT2D eigenvalue weighted by Crippen LogP contribution is 2.28. The third-order valence-electron chi connectivity index (χ3n) is 3.22. The Hall–Kier alpha value is -1.09. The standard InChI is InChI=1S/C16H18Cl2N2/c1-3-5-11-6-4-7-12(8-11)15(19-2)16-14(18)9-13(17)10-20-16/h4,6-10,15,19H,3,5H2,1-2H3. The third kappa shape index (κ3) is 3.51. The number of pyridine rings is 1. The van der Waals surface area contributed by atoms with Gasteiger partial charge in [-0.25, -0.2) is 0 Å². The molecular weight excluding hydrogens is 291 g/mol. The van der Waals surface area contributed by atoms with Crippen LogP contribution in [0.15, 0.2) is 36.5 Å². The van der Waals surface area contributed by atoms with Crippen LogP contribution in [0.1, 0.15) is 36.2 Å². The van der Waals surface area contributed by atoms with Crippen molar-refractivity contribution >= 4 is 23.2 Å². The normalized spacial score (nSPS) is 12.4. The fourth-order valence-corrected chi connectivity index (χ4v) is 2.80. The highest BCUT2D eigenvalue weighted by atomic mass is 35.5. The van der Waals surface area contributed by atoms with Crippen molar-refractivity contribution in [1.29, 1.82) is 0 Å². The second kappa shape index (κ2) is 7.07. The summed E-state index contributed by atoms with van der Waals surface area (Å²) >= 11 is 12.2. The van der Waals surface area contributed by atoms with Gasteiger partial charge in [0.05, 0.1) is 21.8 Å². The first-order valence-corrected chi connectivity index (χ1v) is 7.48. The highest BCUT2D eigenvalue weighted by molar-refractivity contribution is 6.34. The van der Waals surface area contributed by atoms with Crippen molar-refractivity contribution in [2.45, 2.75) is 25.8 Å². The molecule has 20 heavy (non-hydrogen) atoms. The number of rotatable bonds is 5. The van der Waals surface area contributed by atoms with Crippen LogP contribution in [-0.4, -0.2) is 12.0 Å². The number of hydrogen-bond acceptors (Lipinski definition) is 2. The van der Waals surface area contributed by atoms with E-state index in [9.17, 15) is 0 Å². The average Bonchev–Trinajstić information content (AvgIpc) is 2.43. The minimum atomic E-state index is -0.0310. The van der Waals surface area contributed by atoms with E-state index in [0.29, 0.717) is 10.0 Å². The first-order valence-electron chi connectivity index (χ1n) is 6.72. The first-order chi connectivity index (χ1) is 9.65. The van der Waals surface area contributed by atoms with E-state index in [-0.39, 0.29) is 6.04 Å². The smallest absolute Gasteiger partial charge is 0.0805 e. The molecule has 1 heterocycles. The molecule has 2 rings (SSSR count). The lowest BCUT2D eigenvalue weighted by atomic mass is 9.99. The molecule has 0 aliphatic carbocycles. The van der Waals surface area contributed by atoms with Gasteiger partial charge < -0.3 is 5.32 Å². The van der Waals surface area contributed by atoms with E-state index in [1.165, 1.54) is 5.56 Å². The van der Waals surface area contributed by atoms with Crippen molar-refractivity contribution in [1.82, 2.24) is 10.3 Å². The number of hydrogen-bond donors (Lipinski definition) is 1. The van der Waals surface area contributed by atoms with E-state index in [2.05, 4.69) is 41.5 Å². The molecule has 1 unspecified atom stereocenters. The molecule has 2 aromatic rings. The Labute approximate surface area is 130 Å². The van der Waals surface area contributed by atoms with Crippen LogP contribution in [0.25, 0.3) is 0 Å². The minimum absolute atomic E-state index is 0.0310. The van der Waals surface area contributed by atoms with Gasteiger partial charge in [0.2, 0.25) is 0 Å². The highest BCUT2D eigenvalue weighted by Gasteiger charge is 2.17. The molecule has 2 nitrogen and oxygen atoms in total. The number of aromatic nitrogens is 1. The Morgan fingerprint density at radius 3 is 2.70 bits per heavy atom. The molecule has 1 aromatic heterocycles. The molecular formula is C16H18Cl2N2. The molecule has 1 atom stereocenters. The summed E-state index contributed by atoms with van der Waals surface area (Å²) in [7, 11) is 1.91. The predicted molar refractivity (Wildman–Crippen MR) is 85.6 cm³/mol. The van der Waals surface area contributed by atoms with Crippen molar-refractivity contribution in [2.75, 3.05) is 7.05 Å². The van der Waals surface area contributed by atoms with Crippen LogP contribution in [0.2, 0.25) is 10.0 Å². The number of nitrogens with zero attached hydrogens (tertiary/aromatic N) is 1. The van der Waals surface area contributed by atoms with Gasteiger partial charge >= 0.3 is 0 Å². The zero-order valence-electron chi connectivity index (χ0n) is 11.7. The quantitative estimate of drug-likeness (QED) is 0.869. The van der Waals surface area contributed by atoms with Crippen LogP contribution in [0.5, 0.6) is 0 Å². The third-order valence-corrected chi connectivity index (χ3v) is 3.73. The summed E-state index contributed by atoms with van der Waals surface area (Å²) in [5.74, 6) is 0. The fourth-order valence-electron chi connectivity index (χ4n) is 2.32. The van der Waals surface area contributed by atoms with E-state index in [1.807, 2.05) is 7.05 Å². The van der Waals surface area contributed by atoms with Gasteiger partial charge in [-0.1, -0.05) is 60.8 Å². The Balaban J connectivity index is 2.38. The van der Waals surface area contributed by atoms with Gasteiger partial charge in [0.25, 0.3) is 0 Å². The van der Waals surface area contributed by atoms with Gasteiger partial charge in [-0.3, -0.25) is 4.98 Å². The van der Waals surface area contributed by atoms with E-state index < -0.39 is 0 Å². The van der Waals surface area contributed by atoms with Crippen LogP contribution in [0.3, 0.4) is 0 Å². The summed E-state index contributed by atoms with van der Waals surface area (Å²) < 4.78 is 0. The summed E-state index contributed by atoms with van der Waals surface area (Å²) in [4.78, 5) is 4.37. The number of nitrogens with one attached hydrogen (secondary N) is 1. The monoisotopic (exact) mass is 308 g/mol. The molecule has 0 aliphatic rings. The van der Waals surface area contributed by atoms with Crippen LogP contribution in [0, 0.1) is 0 Å². The lowest BCUT2D eigenvalue weighted by molar-refractivity contribution is 0.670. The number of halogens is 2. The molecule has 0 amide bonds. The van der Waals surface area contributed by atoms with Crippen LogP contribution < -0.4 is 5.32 Å². The molecule has 0 radical (unpaired) electrons. The molecule has 0 bridgehead atoms. The number of benzene rings is 1. The van der Waals surface area contributed by atoms with E-state index in [0.717, 1.165) is 24.1 Å². The molecule has 0 saturated carbocycles. The zero-order chi connectivity index (χ0) is 14.5. The van der Waals surface area contributed by atoms with Crippen molar-refractivity contribution < 1.29 is 0 Å². The second-order valence-electron chi connectivity index (χ2n) is 4.74. The summed E-state index contributed by atoms with van der Waals surface area (Å²) in [6.45, 7) is 2.18. The van der Waals surface area contributed by atoms with E-state index in [4.69, 9.17) is 23.2 Å². The molecule has 0 fully saturated rings. The average molecular weight is 309 g/mol. The molecule has 1 aromatic carbocycles.